The summed E-state index contributed by atoms with van der Waals surface area (Å²) in [5, 5.41) is 3.55. The topological polar surface area (TPSA) is 15.3 Å². The fourth-order valence-electron chi connectivity index (χ4n) is 3.96. The summed E-state index contributed by atoms with van der Waals surface area (Å²) in [5.74, 6) is 0. The monoisotopic (exact) mass is 244 g/mol. The van der Waals surface area contributed by atoms with Crippen LogP contribution in [0.25, 0.3) is 0 Å². The maximum absolute atomic E-state index is 3.55. The lowest BCUT2D eigenvalue weighted by Gasteiger charge is -2.34. The lowest BCUT2D eigenvalue weighted by molar-refractivity contribution is 0.151. The van der Waals surface area contributed by atoms with Crippen LogP contribution in [-0.2, 0) is 6.42 Å². The number of rotatable bonds is 3. The van der Waals surface area contributed by atoms with Gasteiger partial charge >= 0.3 is 0 Å². The van der Waals surface area contributed by atoms with Crippen LogP contribution in [0.5, 0.6) is 0 Å². The molecule has 1 aliphatic heterocycles. The standard InChI is InChI=1S/C16H24N2/c1-3-13-8-6-10-18(13)15-11-12-7-4-5-9-14(12)16(15)17-2/h4-5,7,9,13,15-17H,3,6,8,10-11H2,1-2H3. The third kappa shape index (κ3) is 1.88. The van der Waals surface area contributed by atoms with E-state index in [9.17, 15) is 0 Å². The zero-order valence-corrected chi connectivity index (χ0v) is 11.5. The van der Waals surface area contributed by atoms with Crippen molar-refractivity contribution in [2.75, 3.05) is 13.6 Å². The molecule has 0 radical (unpaired) electrons. The average Bonchev–Trinajstić information content (AvgIpc) is 3.01. The molecule has 3 atom stereocenters. The minimum atomic E-state index is 0.522. The average molecular weight is 244 g/mol. The summed E-state index contributed by atoms with van der Waals surface area (Å²) in [6, 6.07) is 10.9. The van der Waals surface area contributed by atoms with E-state index in [1.54, 1.807) is 5.56 Å². The number of likely N-dealkylation sites (N-methyl/N-ethyl adjacent to an activating group) is 1. The minimum absolute atomic E-state index is 0.522. The molecule has 0 spiro atoms. The van der Waals surface area contributed by atoms with Gasteiger partial charge in [0.25, 0.3) is 0 Å². The van der Waals surface area contributed by atoms with E-state index in [1.807, 2.05) is 0 Å². The van der Waals surface area contributed by atoms with E-state index in [4.69, 9.17) is 0 Å². The molecule has 1 heterocycles. The molecule has 0 aromatic heterocycles. The van der Waals surface area contributed by atoms with Crippen molar-refractivity contribution in [1.82, 2.24) is 10.2 Å². The van der Waals surface area contributed by atoms with E-state index >= 15 is 0 Å². The van der Waals surface area contributed by atoms with Crippen LogP contribution < -0.4 is 5.32 Å². The van der Waals surface area contributed by atoms with E-state index in [0.29, 0.717) is 12.1 Å². The second-order valence-electron chi connectivity index (χ2n) is 5.68. The predicted octanol–water partition coefficient (Wildman–Crippen LogP) is 2.75. The van der Waals surface area contributed by atoms with Crippen molar-refractivity contribution in [2.24, 2.45) is 0 Å². The van der Waals surface area contributed by atoms with Crippen LogP contribution in [0.15, 0.2) is 24.3 Å². The van der Waals surface area contributed by atoms with Gasteiger partial charge in [-0.2, -0.15) is 0 Å². The van der Waals surface area contributed by atoms with Crippen molar-refractivity contribution in [3.05, 3.63) is 35.4 Å². The van der Waals surface area contributed by atoms with E-state index in [1.165, 1.54) is 37.8 Å². The molecule has 3 rings (SSSR count). The van der Waals surface area contributed by atoms with Crippen LogP contribution >= 0.6 is 0 Å². The van der Waals surface area contributed by atoms with E-state index in [-0.39, 0.29) is 0 Å². The number of fused-ring (bicyclic) bond motifs is 1. The third-order valence-corrected chi connectivity index (χ3v) is 4.83. The maximum Gasteiger partial charge on any atom is 0.0481 e. The van der Waals surface area contributed by atoms with Crippen molar-refractivity contribution in [3.63, 3.8) is 0 Å². The van der Waals surface area contributed by atoms with Gasteiger partial charge in [-0.15, -0.1) is 0 Å². The van der Waals surface area contributed by atoms with Gasteiger partial charge in [-0.05, 0) is 50.4 Å². The third-order valence-electron chi connectivity index (χ3n) is 4.83. The molecule has 1 aliphatic carbocycles. The van der Waals surface area contributed by atoms with E-state index in [2.05, 4.69) is 48.5 Å². The van der Waals surface area contributed by atoms with Crippen molar-refractivity contribution in [2.45, 2.75) is 50.7 Å². The van der Waals surface area contributed by atoms with Crippen molar-refractivity contribution in [1.29, 1.82) is 0 Å². The van der Waals surface area contributed by atoms with Gasteiger partial charge in [0.2, 0.25) is 0 Å². The molecule has 0 bridgehead atoms. The van der Waals surface area contributed by atoms with Crippen LogP contribution in [0.3, 0.4) is 0 Å². The number of nitrogens with zero attached hydrogens (tertiary/aromatic N) is 1. The van der Waals surface area contributed by atoms with Crippen LogP contribution in [0.2, 0.25) is 0 Å². The normalized spacial score (nSPS) is 31.8. The number of hydrogen-bond donors (Lipinski definition) is 1. The van der Waals surface area contributed by atoms with Gasteiger partial charge < -0.3 is 5.32 Å². The summed E-state index contributed by atoms with van der Waals surface area (Å²) in [6.07, 6.45) is 5.28. The summed E-state index contributed by atoms with van der Waals surface area (Å²) in [4.78, 5) is 2.77. The van der Waals surface area contributed by atoms with Crippen LogP contribution in [-0.4, -0.2) is 30.6 Å². The molecule has 98 valence electrons. The summed E-state index contributed by atoms with van der Waals surface area (Å²) >= 11 is 0. The zero-order valence-electron chi connectivity index (χ0n) is 11.5. The SMILES string of the molecule is CCC1CCCN1C1Cc2ccccc2C1NC. The van der Waals surface area contributed by atoms with Crippen molar-refractivity contribution >= 4 is 0 Å². The minimum Gasteiger partial charge on any atom is -0.312 e. The Labute approximate surface area is 110 Å². The van der Waals surface area contributed by atoms with Gasteiger partial charge in [-0.3, -0.25) is 4.90 Å². The van der Waals surface area contributed by atoms with Gasteiger partial charge in [0.15, 0.2) is 0 Å². The second-order valence-corrected chi connectivity index (χ2v) is 5.68. The number of benzene rings is 1. The molecule has 1 N–H and O–H groups in total. The molecule has 18 heavy (non-hydrogen) atoms. The first-order chi connectivity index (χ1) is 8.85. The lowest BCUT2D eigenvalue weighted by Crippen LogP contribution is -2.44. The molecule has 1 aromatic carbocycles. The molecule has 2 nitrogen and oxygen atoms in total. The summed E-state index contributed by atoms with van der Waals surface area (Å²) in [6.45, 7) is 3.62. The fourth-order valence-corrected chi connectivity index (χ4v) is 3.96. The molecule has 0 saturated carbocycles. The van der Waals surface area contributed by atoms with Crippen molar-refractivity contribution in [3.8, 4) is 0 Å². The molecule has 3 unspecified atom stereocenters. The Bertz CT molecular complexity index is 415. The van der Waals surface area contributed by atoms with Crippen LogP contribution in [0.4, 0.5) is 0 Å². The molecule has 2 heteroatoms. The molecular weight excluding hydrogens is 220 g/mol. The van der Waals surface area contributed by atoms with Gasteiger partial charge in [-0.25, -0.2) is 0 Å². The number of hydrogen-bond acceptors (Lipinski definition) is 2. The first kappa shape index (κ1) is 12.2. The smallest absolute Gasteiger partial charge is 0.0481 e. The summed E-state index contributed by atoms with van der Waals surface area (Å²) in [5.41, 5.74) is 3.07. The largest absolute Gasteiger partial charge is 0.312 e. The molecule has 0 amide bonds. The van der Waals surface area contributed by atoms with E-state index < -0.39 is 0 Å². The Balaban J connectivity index is 1.87. The van der Waals surface area contributed by atoms with E-state index in [0.717, 1.165) is 6.04 Å². The van der Waals surface area contributed by atoms with Crippen LogP contribution in [0, 0.1) is 0 Å². The Hall–Kier alpha value is -0.860. The Morgan fingerprint density at radius 2 is 2.17 bits per heavy atom. The Kier molecular flexibility index (Phi) is 3.40. The Morgan fingerprint density at radius 1 is 1.33 bits per heavy atom. The molecular formula is C16H24N2. The van der Waals surface area contributed by atoms with Gasteiger partial charge in [-0.1, -0.05) is 31.2 Å². The first-order valence-corrected chi connectivity index (χ1v) is 7.36. The zero-order chi connectivity index (χ0) is 12.5. The first-order valence-electron chi connectivity index (χ1n) is 7.36. The predicted molar refractivity (Wildman–Crippen MR) is 75.8 cm³/mol. The highest BCUT2D eigenvalue weighted by Crippen LogP contribution is 2.37. The number of likely N-dealkylation sites (tertiary alicyclic amines) is 1. The van der Waals surface area contributed by atoms with Gasteiger partial charge in [0.05, 0.1) is 0 Å². The fraction of sp³-hybridized carbons (Fsp3) is 0.625. The highest BCUT2D eigenvalue weighted by Gasteiger charge is 2.39. The summed E-state index contributed by atoms with van der Waals surface area (Å²) in [7, 11) is 2.11. The number of nitrogens with one attached hydrogen (secondary N) is 1. The van der Waals surface area contributed by atoms with Crippen LogP contribution in [0.1, 0.15) is 43.4 Å². The van der Waals surface area contributed by atoms with Gasteiger partial charge in [0, 0.05) is 18.1 Å². The molecule has 1 saturated heterocycles. The highest BCUT2D eigenvalue weighted by molar-refractivity contribution is 5.37. The molecule has 2 aliphatic rings. The summed E-state index contributed by atoms with van der Waals surface area (Å²) < 4.78 is 0. The highest BCUT2D eigenvalue weighted by atomic mass is 15.2. The maximum atomic E-state index is 3.55. The molecule has 1 aromatic rings. The Morgan fingerprint density at radius 3 is 2.94 bits per heavy atom. The van der Waals surface area contributed by atoms with Crippen molar-refractivity contribution < 1.29 is 0 Å². The lowest BCUT2D eigenvalue weighted by atomic mass is 10.0. The second kappa shape index (κ2) is 5.02. The quantitative estimate of drug-likeness (QED) is 0.879. The van der Waals surface area contributed by atoms with Gasteiger partial charge in [0.1, 0.15) is 0 Å². The molecule has 1 fully saturated rings.